The van der Waals surface area contributed by atoms with E-state index in [1.165, 1.54) is 5.75 Å². The molecular weight excluding hydrogens is 299 g/mol. The van der Waals surface area contributed by atoms with E-state index in [2.05, 4.69) is 28.7 Å². The van der Waals surface area contributed by atoms with Gasteiger partial charge >= 0.3 is 54.1 Å². The van der Waals surface area contributed by atoms with Crippen LogP contribution in [0.1, 0.15) is 6.92 Å². The van der Waals surface area contributed by atoms with Crippen molar-refractivity contribution in [3.63, 3.8) is 0 Å². The van der Waals surface area contributed by atoms with Gasteiger partial charge in [0, 0.05) is 0 Å². The molecule has 0 fully saturated rings. The summed E-state index contributed by atoms with van der Waals surface area (Å²) in [7, 11) is 2.21. The summed E-state index contributed by atoms with van der Waals surface area (Å²) in [6.07, 6.45) is 0. The molecule has 0 saturated carbocycles. The van der Waals surface area contributed by atoms with Gasteiger partial charge in [-0.25, -0.2) is 0 Å². The van der Waals surface area contributed by atoms with Crippen LogP contribution in [0.3, 0.4) is 0 Å². The molecule has 7 heavy (non-hydrogen) atoms. The summed E-state index contributed by atoms with van der Waals surface area (Å²) in [6.45, 7) is 2.25. The van der Waals surface area contributed by atoms with Crippen molar-refractivity contribution < 1.29 is 0 Å². The summed E-state index contributed by atoms with van der Waals surface area (Å²) in [5, 5.41) is 0. The summed E-state index contributed by atoms with van der Waals surface area (Å²) < 4.78 is 7.38. The van der Waals surface area contributed by atoms with Gasteiger partial charge in [0.1, 0.15) is 0 Å². The molecule has 0 unspecified atom stereocenters. The third kappa shape index (κ3) is 7.27. The van der Waals surface area contributed by atoms with Gasteiger partial charge in [0.2, 0.25) is 0 Å². The zero-order chi connectivity index (χ0) is 5.91. The van der Waals surface area contributed by atoms with Crippen molar-refractivity contribution >= 4 is 28.0 Å². The molecule has 0 aliphatic rings. The van der Waals surface area contributed by atoms with Crippen molar-refractivity contribution in [2.45, 2.75) is 20.4 Å². The number of hydrogen-bond donors (Lipinski definition) is 0. The first-order chi connectivity index (χ1) is 3.06. The molecule has 0 saturated heterocycles. The van der Waals surface area contributed by atoms with Crippen LogP contribution in [0.5, 0.6) is 0 Å². The molecule has 0 nitrogen and oxygen atoms in total. The van der Waals surface area contributed by atoms with E-state index in [4.69, 9.17) is 0 Å². The average molecular weight is 313 g/mol. The van der Waals surface area contributed by atoms with Crippen LogP contribution in [0.2, 0.25) is 13.4 Å². The van der Waals surface area contributed by atoms with Crippen LogP contribution in [0.4, 0.5) is 0 Å². The monoisotopic (exact) mass is 314 g/mol. The van der Waals surface area contributed by atoms with Crippen LogP contribution in [-0.2, 0) is 0 Å². The second-order valence-electron chi connectivity index (χ2n) is 2.55. The van der Waals surface area contributed by atoms with Crippen molar-refractivity contribution in [2.24, 2.45) is 0 Å². The van der Waals surface area contributed by atoms with E-state index in [1.54, 1.807) is 0 Å². The molecule has 0 aliphatic heterocycles. The second kappa shape index (κ2) is 3.33. The quantitative estimate of drug-likeness (QED) is 0.706. The van der Waals surface area contributed by atoms with E-state index >= 15 is 0 Å². The number of rotatable bonds is 2. The molecule has 0 radical (unpaired) electrons. The van der Waals surface area contributed by atoms with E-state index in [1.807, 2.05) is 0 Å². The van der Waals surface area contributed by atoms with Crippen LogP contribution in [0.15, 0.2) is 0 Å². The zero-order valence-electron chi connectivity index (χ0n) is 5.62. The molecule has 0 rings (SSSR count). The van der Waals surface area contributed by atoms with Crippen LogP contribution in [0.25, 0.3) is 0 Å². The van der Waals surface area contributed by atoms with Crippen molar-refractivity contribution in [1.29, 1.82) is 0 Å². The van der Waals surface area contributed by atoms with Gasteiger partial charge in [0.25, 0.3) is 0 Å². The van der Waals surface area contributed by atoms with E-state index in [-0.39, 0.29) is 0 Å². The molecule has 0 N–H and O–H groups in total. The fourth-order valence-electron chi connectivity index (χ4n) is 0.433. The van der Waals surface area contributed by atoms with Gasteiger partial charge in [-0.2, -0.15) is 0 Å². The Morgan fingerprint density at radius 2 is 1.71 bits per heavy atom. The number of hydrogen-bond acceptors (Lipinski definition) is 1. The fraction of sp³-hybridized carbons (Fsp3) is 1.00. The Balaban J connectivity index is 3.15. The van der Waals surface area contributed by atoms with E-state index in [0.717, 1.165) is 0 Å². The van der Waals surface area contributed by atoms with Gasteiger partial charge < -0.3 is 0 Å². The van der Waals surface area contributed by atoms with Gasteiger partial charge in [-0.15, -0.1) is 0 Å². The zero-order valence-corrected chi connectivity index (χ0v) is 10.3. The van der Waals surface area contributed by atoms with Crippen LogP contribution in [-0.4, -0.2) is 25.4 Å². The topological polar surface area (TPSA) is 0 Å². The summed E-state index contributed by atoms with van der Waals surface area (Å²) in [6, 6.07) is 0. The van der Waals surface area contributed by atoms with E-state index < -0.39 is 19.7 Å². The van der Waals surface area contributed by atoms with Gasteiger partial charge in [0.15, 0.2) is 0 Å². The Morgan fingerprint density at radius 3 is 1.71 bits per heavy atom. The van der Waals surface area contributed by atoms with Gasteiger partial charge in [-0.05, 0) is 0 Å². The van der Waals surface area contributed by atoms with Crippen LogP contribution >= 0.6 is 8.31 Å². The minimum absolute atomic E-state index is 1.32. The van der Waals surface area contributed by atoms with Gasteiger partial charge in [-0.3, -0.25) is 0 Å². The maximum absolute atomic E-state index is 2.46. The molecule has 0 aromatic heterocycles. The molecule has 0 spiro atoms. The first-order valence-electron chi connectivity index (χ1n) is 2.70. The van der Waals surface area contributed by atoms with Crippen molar-refractivity contribution in [2.75, 3.05) is 5.75 Å². The van der Waals surface area contributed by atoms with Crippen molar-refractivity contribution in [3.8, 4) is 0 Å². The van der Waals surface area contributed by atoms with Gasteiger partial charge in [0.05, 0.1) is 0 Å². The normalized spacial score (nSPS) is 12.0. The molecule has 0 aromatic carbocycles. The maximum atomic E-state index is 2.46. The molecule has 0 aliphatic carbocycles. The summed E-state index contributed by atoms with van der Waals surface area (Å²) in [4.78, 5) is 0. The molecule has 0 heterocycles. The fourth-order valence-corrected chi connectivity index (χ4v) is 11.4. The molecule has 2 heteroatoms. The first kappa shape index (κ1) is 8.27. The van der Waals surface area contributed by atoms with E-state index in [0.29, 0.717) is 0 Å². The summed E-state index contributed by atoms with van der Waals surface area (Å²) in [5.41, 5.74) is 0. The molecule has 0 bridgehead atoms. The van der Waals surface area contributed by atoms with Crippen LogP contribution in [0, 0.1) is 0 Å². The van der Waals surface area contributed by atoms with E-state index in [9.17, 15) is 0 Å². The molecule has 0 atom stereocenters. The third-order valence-corrected chi connectivity index (χ3v) is 15.2. The summed E-state index contributed by atoms with van der Waals surface area (Å²) >= 11 is -1.47. The Morgan fingerprint density at radius 1 is 1.29 bits per heavy atom. The predicted molar refractivity (Wildman–Crippen MR) is 41.5 cm³/mol. The SMILES string of the molecule is CC[S][Pb]([CH3])([CH3])[CH3]. The third-order valence-electron chi connectivity index (χ3n) is 0.577. The predicted octanol–water partition coefficient (Wildman–Crippen LogP) is 2.57. The standard InChI is InChI=1S/C2H6S.3CH3.Pb/c1-2-3;;;;/h3H,2H2,1H3;3*1H3;/q;;;;+1/p-1. The Bertz CT molecular complexity index is 46.5. The Labute approximate surface area is 53.9 Å². The second-order valence-corrected chi connectivity index (χ2v) is 33.9. The molecule has 0 aromatic rings. The van der Waals surface area contributed by atoms with Crippen molar-refractivity contribution in [1.82, 2.24) is 0 Å². The van der Waals surface area contributed by atoms with Crippen LogP contribution < -0.4 is 0 Å². The minimum atomic E-state index is -1.47. The Hall–Kier alpha value is 1.27. The summed E-state index contributed by atoms with van der Waals surface area (Å²) in [5.74, 6) is 1.32. The van der Waals surface area contributed by atoms with Gasteiger partial charge in [-0.1, -0.05) is 0 Å². The molecular formula is C5H14PbS. The first-order valence-corrected chi connectivity index (χ1v) is 20.1. The van der Waals surface area contributed by atoms with Crippen molar-refractivity contribution in [3.05, 3.63) is 0 Å². The average Bonchev–Trinajstić information content (AvgIpc) is 1.30. The molecule has 0 amide bonds. The molecule has 44 valence electrons. The Kier molecular flexibility index (Phi) is 3.93.